The van der Waals surface area contributed by atoms with E-state index in [-0.39, 0.29) is 82.4 Å². The largest absolute Gasteiger partial charge is 0.493 e. The molecule has 4 fully saturated rings. The Labute approximate surface area is 567 Å². The quantitative estimate of drug-likeness (QED) is 0.0538. The molecule has 0 aliphatic carbocycles. The van der Waals surface area contributed by atoms with Crippen LogP contribution in [0.3, 0.4) is 0 Å². The minimum Gasteiger partial charge on any atom is -0.493 e. The van der Waals surface area contributed by atoms with Crippen LogP contribution in [0.1, 0.15) is 90.9 Å². The number of likely N-dealkylation sites (tertiary alicyclic amines) is 1. The first-order valence-corrected chi connectivity index (χ1v) is 32.6. The van der Waals surface area contributed by atoms with Gasteiger partial charge in [0.05, 0.1) is 60.8 Å². The minimum absolute atomic E-state index is 0.0352. The van der Waals surface area contributed by atoms with E-state index in [2.05, 4.69) is 153 Å². The molecule has 97 heavy (non-hydrogen) atoms. The standard InChI is InChI=1S/C39H41N3O6.C28H31N3O.C11H12O6/c1-46-32-25-30(26-33(47-2)37(32)48-3)36(43)39(45)42-20-19-31(27-13-7-4-8-14-27)35(42)38(44)41-23-21-40(22-24-41)34(28-15-9-5-10-16-28)29-17-11-6-12-18-29;32-28(26-25(16-17-29-26)22-10-4-1-5-11-22)31-20-18-30(19-21-31)27(23-12-6-2-7-13-23)24-14-8-3-9-15-24;1-15-7-4-6(9(12)11(13)14)5-8(16-2)10(7)17-3/h4-18,25-26,31,34-35H,19-24H2,1-3H3;1-15,25-27,29H,16-21H2;4-5H,1-3H3,(H,13,14)/t31-,35+;25-,26+;/m11./s1. The molecule has 8 aromatic rings. The molecule has 3 amide bonds. The van der Waals surface area contributed by atoms with E-state index in [1.54, 1.807) is 0 Å². The first-order chi connectivity index (χ1) is 47.3. The summed E-state index contributed by atoms with van der Waals surface area (Å²) >= 11 is 0. The van der Waals surface area contributed by atoms with Crippen LogP contribution in [0.15, 0.2) is 206 Å². The molecule has 0 bridgehead atoms. The first-order valence-electron chi connectivity index (χ1n) is 32.6. The Morgan fingerprint density at radius 3 is 1.09 bits per heavy atom. The number of hydrogen-bond donors (Lipinski definition) is 2. The lowest BCUT2D eigenvalue weighted by Gasteiger charge is -2.41. The smallest absolute Gasteiger partial charge is 0.377 e. The number of carbonyl (C=O) groups is 6. The number of nitrogens with one attached hydrogen (secondary N) is 1. The van der Waals surface area contributed by atoms with E-state index < -0.39 is 29.5 Å². The van der Waals surface area contributed by atoms with Gasteiger partial charge < -0.3 is 53.5 Å². The third-order valence-electron chi connectivity index (χ3n) is 18.5. The van der Waals surface area contributed by atoms with Crippen LogP contribution in [0, 0.1) is 0 Å². The van der Waals surface area contributed by atoms with Crippen LogP contribution in [0.5, 0.6) is 34.5 Å². The molecule has 8 aromatic carbocycles. The summed E-state index contributed by atoms with van der Waals surface area (Å²) in [6.45, 7) is 6.85. The molecule has 0 unspecified atom stereocenters. The molecular weight excluding hydrogens is 1230 g/mol. The Hall–Kier alpha value is -10.3. The van der Waals surface area contributed by atoms with Crippen molar-refractivity contribution in [2.75, 3.05) is 108 Å². The fourth-order valence-electron chi connectivity index (χ4n) is 13.8. The Balaban J connectivity index is 0.000000178. The predicted octanol–water partition coefficient (Wildman–Crippen LogP) is 10.3. The number of amides is 3. The van der Waals surface area contributed by atoms with Crippen LogP contribution in [-0.2, 0) is 19.2 Å². The fraction of sp³-hybridized carbons (Fsp3) is 0.308. The molecular formula is C78H84N6O13. The van der Waals surface area contributed by atoms with E-state index >= 15 is 0 Å². The molecule has 4 atom stereocenters. The van der Waals surface area contributed by atoms with Crippen molar-refractivity contribution in [3.63, 3.8) is 0 Å². The van der Waals surface area contributed by atoms with Crippen molar-refractivity contribution in [1.29, 1.82) is 0 Å². The van der Waals surface area contributed by atoms with Gasteiger partial charge in [-0.1, -0.05) is 182 Å². The molecule has 4 aliphatic heterocycles. The van der Waals surface area contributed by atoms with Gasteiger partial charge in [0.25, 0.3) is 17.5 Å². The highest BCUT2D eigenvalue weighted by Crippen LogP contribution is 2.42. The van der Waals surface area contributed by atoms with E-state index in [4.69, 9.17) is 33.5 Å². The summed E-state index contributed by atoms with van der Waals surface area (Å²) in [4.78, 5) is 88.0. The van der Waals surface area contributed by atoms with Crippen molar-refractivity contribution < 1.29 is 62.3 Å². The zero-order valence-corrected chi connectivity index (χ0v) is 55.7. The van der Waals surface area contributed by atoms with E-state index in [1.807, 2.05) is 53.4 Å². The number of nitrogens with zero attached hydrogens (tertiary/aromatic N) is 5. The van der Waals surface area contributed by atoms with Gasteiger partial charge in [-0.2, -0.15) is 0 Å². The number of carboxylic acids is 1. The van der Waals surface area contributed by atoms with Gasteiger partial charge in [0, 0.05) is 81.9 Å². The number of Topliss-reactive ketones (excluding diaryl/α,β-unsaturated/α-hetero) is 2. The third-order valence-corrected chi connectivity index (χ3v) is 18.5. The lowest BCUT2D eigenvalue weighted by atomic mass is 9.90. The molecule has 4 heterocycles. The maximum absolute atomic E-state index is 14.5. The molecule has 12 rings (SSSR count). The second kappa shape index (κ2) is 33.4. The van der Waals surface area contributed by atoms with Crippen LogP contribution in [0.4, 0.5) is 0 Å². The van der Waals surface area contributed by atoms with Crippen LogP contribution in [0.2, 0.25) is 0 Å². The lowest BCUT2D eigenvalue weighted by Crippen LogP contribution is -2.56. The van der Waals surface area contributed by atoms with E-state index in [1.165, 1.54) is 99.6 Å². The summed E-state index contributed by atoms with van der Waals surface area (Å²) in [5.74, 6) is -2.27. The molecule has 0 saturated carbocycles. The van der Waals surface area contributed by atoms with Crippen molar-refractivity contribution in [2.24, 2.45) is 0 Å². The summed E-state index contributed by atoms with van der Waals surface area (Å²) < 4.78 is 31.3. The number of carboxylic acid groups (broad SMARTS) is 1. The number of methoxy groups -OCH3 is 6. The zero-order chi connectivity index (χ0) is 68.4. The summed E-state index contributed by atoms with van der Waals surface area (Å²) in [6.07, 6.45) is 1.59. The molecule has 504 valence electrons. The average Bonchev–Trinajstić information content (AvgIpc) is 1.68. The highest BCUT2D eigenvalue weighted by Gasteiger charge is 2.47. The summed E-state index contributed by atoms with van der Waals surface area (Å²) in [6, 6.07) is 67.4. The summed E-state index contributed by atoms with van der Waals surface area (Å²) in [7, 11) is 8.56. The monoisotopic (exact) mass is 1310 g/mol. The van der Waals surface area contributed by atoms with Gasteiger partial charge >= 0.3 is 5.97 Å². The predicted molar refractivity (Wildman–Crippen MR) is 369 cm³/mol. The Kier molecular flexibility index (Phi) is 23.9. The van der Waals surface area contributed by atoms with E-state index in [0.29, 0.717) is 44.1 Å². The van der Waals surface area contributed by atoms with Crippen LogP contribution >= 0.6 is 0 Å². The Morgan fingerprint density at radius 1 is 0.402 bits per heavy atom. The van der Waals surface area contributed by atoms with Crippen molar-refractivity contribution in [3.05, 3.63) is 251 Å². The number of benzene rings is 8. The van der Waals surface area contributed by atoms with Crippen LogP contribution in [0.25, 0.3) is 0 Å². The van der Waals surface area contributed by atoms with Gasteiger partial charge in [-0.3, -0.25) is 33.8 Å². The third kappa shape index (κ3) is 16.2. The van der Waals surface area contributed by atoms with Crippen molar-refractivity contribution in [1.82, 2.24) is 29.8 Å². The van der Waals surface area contributed by atoms with Crippen LogP contribution < -0.4 is 33.7 Å². The second-order valence-corrected chi connectivity index (χ2v) is 23.9. The number of aliphatic carboxylic acids is 1. The molecule has 19 heteroatoms. The minimum atomic E-state index is -1.54. The first kappa shape index (κ1) is 69.5. The van der Waals surface area contributed by atoms with Crippen molar-refractivity contribution in [3.8, 4) is 34.5 Å². The van der Waals surface area contributed by atoms with Gasteiger partial charge in [-0.05, 0) is 77.0 Å². The highest BCUT2D eigenvalue weighted by molar-refractivity contribution is 6.43. The van der Waals surface area contributed by atoms with Gasteiger partial charge in [-0.15, -0.1) is 0 Å². The number of ketones is 2. The molecule has 0 radical (unpaired) electrons. The summed E-state index contributed by atoms with van der Waals surface area (Å²) in [5.41, 5.74) is 7.31. The maximum Gasteiger partial charge on any atom is 0.377 e. The Morgan fingerprint density at radius 2 is 0.742 bits per heavy atom. The molecule has 4 aliphatic rings. The number of ether oxygens (including phenoxy) is 6. The number of hydrogen-bond acceptors (Lipinski definition) is 15. The number of rotatable bonds is 20. The van der Waals surface area contributed by atoms with E-state index in [0.717, 1.165) is 44.7 Å². The van der Waals surface area contributed by atoms with Crippen molar-refractivity contribution >= 4 is 35.3 Å². The number of piperazine rings is 2. The van der Waals surface area contributed by atoms with Crippen molar-refractivity contribution in [2.45, 2.75) is 48.8 Å². The lowest BCUT2D eigenvalue weighted by molar-refractivity contribution is -0.143. The van der Waals surface area contributed by atoms with E-state index in [9.17, 15) is 28.8 Å². The SMILES string of the molecule is COc1cc(C(=O)C(=O)N2CC[C@H](c3ccccc3)[C@H]2C(=O)N2CCN(C(c3ccccc3)c3ccccc3)CC2)cc(OC)c1OC.COc1cc(C(=O)C(=O)O)cc(OC)c1OC.O=C([C@H]1NCC[C@@H]1c1ccccc1)N1CCN(C(c2ccccc2)c2ccccc2)CC1. The van der Waals surface area contributed by atoms with Crippen LogP contribution in [-0.4, -0.2) is 185 Å². The highest BCUT2D eigenvalue weighted by atomic mass is 16.5. The second-order valence-electron chi connectivity index (χ2n) is 23.9. The summed E-state index contributed by atoms with van der Waals surface area (Å²) in [5, 5.41) is 12.1. The number of carbonyl (C=O) groups excluding carboxylic acids is 5. The molecule has 0 spiro atoms. The van der Waals surface area contributed by atoms with Gasteiger partial charge in [0.2, 0.25) is 23.3 Å². The molecule has 4 saturated heterocycles. The van der Waals surface area contributed by atoms with Gasteiger partial charge in [0.15, 0.2) is 23.0 Å². The van der Waals surface area contributed by atoms with Gasteiger partial charge in [0.1, 0.15) is 6.04 Å². The fourth-order valence-corrected chi connectivity index (χ4v) is 13.8. The normalized spacial score (nSPS) is 17.8. The Bertz CT molecular complexity index is 3800. The average molecular weight is 1310 g/mol. The topological polar surface area (TPSA) is 206 Å². The molecule has 0 aromatic heterocycles. The maximum atomic E-state index is 14.5. The molecule has 19 nitrogen and oxygen atoms in total. The van der Waals surface area contributed by atoms with Gasteiger partial charge in [-0.25, -0.2) is 4.79 Å². The molecule has 2 N–H and O–H groups in total. The zero-order valence-electron chi connectivity index (χ0n) is 55.7.